The van der Waals surface area contributed by atoms with Gasteiger partial charge in [-0.25, -0.2) is 0 Å². The van der Waals surface area contributed by atoms with Crippen molar-refractivity contribution in [3.63, 3.8) is 0 Å². The summed E-state index contributed by atoms with van der Waals surface area (Å²) in [5.74, 6) is -7.86. The number of nitrogens with two attached hydrogens (primary N) is 4. The minimum absolute atomic E-state index is 0.0214. The average molecular weight is 1010 g/mol. The summed E-state index contributed by atoms with van der Waals surface area (Å²) >= 11 is 0. The summed E-state index contributed by atoms with van der Waals surface area (Å²) in [7, 11) is 0. The first-order chi connectivity index (χ1) is 34.4. The molecule has 2 rings (SSSR count). The number of unbranched alkanes of at least 4 members (excludes halogenated alkanes) is 6. The fraction of sp³-hybridized carbons (Fsp3) is 0.712. The third-order valence-electron chi connectivity index (χ3n) is 12.7. The van der Waals surface area contributed by atoms with Gasteiger partial charge < -0.3 is 60.2 Å². The van der Waals surface area contributed by atoms with Crippen molar-refractivity contribution in [1.82, 2.24) is 37.2 Å². The van der Waals surface area contributed by atoms with Gasteiger partial charge in [-0.3, -0.25) is 43.2 Å². The van der Waals surface area contributed by atoms with E-state index >= 15 is 0 Å². The quantitative estimate of drug-likeness (QED) is 0.0611. The number of rotatable bonds is 25. The zero-order valence-corrected chi connectivity index (χ0v) is 43.7. The zero-order chi connectivity index (χ0) is 53.6. The van der Waals surface area contributed by atoms with Gasteiger partial charge in [-0.1, -0.05) is 103 Å². The van der Waals surface area contributed by atoms with Gasteiger partial charge in [0.25, 0.3) is 0 Å². The molecule has 0 bridgehead atoms. The molecule has 1 fully saturated rings. The fourth-order valence-corrected chi connectivity index (χ4v) is 8.68. The molecule has 0 unspecified atom stereocenters. The molecule has 1 aromatic carbocycles. The van der Waals surface area contributed by atoms with E-state index in [9.17, 15) is 43.2 Å². The van der Waals surface area contributed by atoms with Crippen molar-refractivity contribution in [2.24, 2.45) is 46.6 Å². The first kappa shape index (κ1) is 62.8. The highest BCUT2D eigenvalue weighted by Gasteiger charge is 2.36. The van der Waals surface area contributed by atoms with Crippen LogP contribution in [-0.4, -0.2) is 122 Å². The second-order valence-corrected chi connectivity index (χ2v) is 20.0. The predicted molar refractivity (Wildman–Crippen MR) is 277 cm³/mol. The third kappa shape index (κ3) is 23.9. The maximum Gasteiger partial charge on any atom is 0.243 e. The Balaban J connectivity index is 2.64. The summed E-state index contributed by atoms with van der Waals surface area (Å²) in [5, 5.41) is 19.2. The van der Waals surface area contributed by atoms with Gasteiger partial charge in [-0.15, -0.1) is 0 Å². The van der Waals surface area contributed by atoms with Crippen molar-refractivity contribution < 1.29 is 43.2 Å². The molecule has 0 radical (unpaired) electrons. The van der Waals surface area contributed by atoms with Crippen molar-refractivity contribution >= 4 is 52.9 Å². The lowest BCUT2D eigenvalue weighted by Gasteiger charge is -2.28. The molecule has 20 heteroatoms. The molecule has 1 heterocycles. The van der Waals surface area contributed by atoms with Crippen molar-refractivity contribution in [3.8, 4) is 0 Å². The van der Waals surface area contributed by atoms with Gasteiger partial charge in [-0.2, -0.15) is 0 Å². The number of benzene rings is 1. The Labute approximate surface area is 427 Å². The molecule has 72 heavy (non-hydrogen) atoms. The summed E-state index contributed by atoms with van der Waals surface area (Å²) in [6, 6.07) is 1.94. The Bertz CT molecular complexity index is 1870. The normalized spacial score (nSPS) is 23.0. The topological polar surface area (TPSA) is 342 Å². The Morgan fingerprint density at radius 3 is 1.61 bits per heavy atom. The Hall–Kier alpha value is -5.31. The summed E-state index contributed by atoms with van der Waals surface area (Å²) in [4.78, 5) is 126. The summed E-state index contributed by atoms with van der Waals surface area (Å²) < 4.78 is 0. The van der Waals surface area contributed by atoms with E-state index in [4.69, 9.17) is 22.9 Å². The molecular weight excluding hydrogens is 923 g/mol. The summed E-state index contributed by atoms with van der Waals surface area (Å²) in [5.41, 5.74) is 24.5. The molecular formula is C52H89N11O9. The lowest BCUT2D eigenvalue weighted by Crippen LogP contribution is -2.59. The lowest BCUT2D eigenvalue weighted by molar-refractivity contribution is -0.136. The van der Waals surface area contributed by atoms with E-state index in [2.05, 4.69) is 44.1 Å². The van der Waals surface area contributed by atoms with E-state index in [0.717, 1.165) is 44.1 Å². The van der Waals surface area contributed by atoms with Gasteiger partial charge in [0, 0.05) is 44.2 Å². The maximum atomic E-state index is 14.4. The van der Waals surface area contributed by atoms with Crippen molar-refractivity contribution in [1.29, 1.82) is 0 Å². The van der Waals surface area contributed by atoms with Gasteiger partial charge in [0.2, 0.25) is 41.4 Å². The Kier molecular flexibility index (Phi) is 30.5. The van der Waals surface area contributed by atoms with Crippen LogP contribution in [0, 0.1) is 23.7 Å². The monoisotopic (exact) mass is 1010 g/mol. The number of carbonyl (C=O) groups is 9. The van der Waals surface area contributed by atoms with Crippen LogP contribution < -0.4 is 60.2 Å². The van der Waals surface area contributed by atoms with Crippen LogP contribution in [0.2, 0.25) is 0 Å². The first-order valence-corrected chi connectivity index (χ1v) is 26.4. The molecule has 1 aliphatic heterocycles. The molecule has 1 aliphatic rings. The fourth-order valence-electron chi connectivity index (χ4n) is 8.68. The van der Waals surface area contributed by atoms with E-state index in [1.54, 1.807) is 30.3 Å². The van der Waals surface area contributed by atoms with Crippen LogP contribution >= 0.6 is 0 Å². The second-order valence-electron chi connectivity index (χ2n) is 20.0. The van der Waals surface area contributed by atoms with Crippen molar-refractivity contribution in [2.75, 3.05) is 32.7 Å². The first-order valence-electron chi connectivity index (χ1n) is 26.4. The van der Waals surface area contributed by atoms with Gasteiger partial charge in [0.1, 0.15) is 24.2 Å². The minimum atomic E-state index is -1.23. The molecule has 1 aromatic rings. The smallest absolute Gasteiger partial charge is 0.243 e. The van der Waals surface area contributed by atoms with Gasteiger partial charge >= 0.3 is 0 Å². The standard InChI is InChI=1S/C52H89N11O9/c1-6-7-8-9-10-11-15-18-46(66)58-43(32-56)45(65)30-36-22-26-57-49(69)41(27-33(2)3)63-51(71)40(21-25-55)60-50(70)39(20-24-54)61-52(72)42(28-34(4)5)62-48(68)37(29-35-16-13-12-14-17-35)31-44(64)38(19-23-53)59-47(36)67/h12-14,16-17,33-34,36-43H,6-11,15,18-32,53-56H2,1-5H3,(H,57,69)(H,58,66)(H,59,67)(H,60,70)(H,61,72)(H,62,68)(H,63,71)/t36-,37+,38+,39+,40+,41+,42+,43-/m1/s1. The zero-order valence-electron chi connectivity index (χ0n) is 43.7. The Morgan fingerprint density at radius 1 is 0.597 bits per heavy atom. The number of hydrogen-bond donors (Lipinski definition) is 11. The molecule has 0 aliphatic carbocycles. The average Bonchev–Trinajstić information content (AvgIpc) is 3.33. The lowest BCUT2D eigenvalue weighted by atomic mass is 9.89. The van der Waals surface area contributed by atoms with Crippen LogP contribution in [0.1, 0.15) is 143 Å². The van der Waals surface area contributed by atoms with Gasteiger partial charge in [0.15, 0.2) is 11.6 Å². The van der Waals surface area contributed by atoms with E-state index < -0.39 is 102 Å². The second kappa shape index (κ2) is 34.9. The molecule has 1 saturated heterocycles. The SMILES string of the molecule is CCCCCCCCCC(=O)N[C@H](CN)C(=O)C[C@H]1CCNC(=O)[C@H](CC(C)C)NC(=O)[C@H](CCN)NC(=O)[C@H](CCN)NC(=O)[C@H](CC(C)C)NC(=O)[C@@H](Cc2ccccc2)CC(=O)[C@H](CCN)NC1=O. The molecule has 7 amide bonds. The van der Waals surface area contributed by atoms with Gasteiger partial charge in [-0.05, 0) is 88.4 Å². The molecule has 20 nitrogen and oxygen atoms in total. The van der Waals surface area contributed by atoms with Crippen LogP contribution in [0.25, 0.3) is 0 Å². The third-order valence-corrected chi connectivity index (χ3v) is 12.7. The minimum Gasteiger partial charge on any atom is -0.354 e. The van der Waals surface area contributed by atoms with Gasteiger partial charge in [0.05, 0.1) is 12.1 Å². The van der Waals surface area contributed by atoms with E-state index in [0.29, 0.717) is 6.42 Å². The predicted octanol–water partition coefficient (Wildman–Crippen LogP) is 1.05. The number of carbonyl (C=O) groups excluding carboxylic acids is 9. The van der Waals surface area contributed by atoms with E-state index in [1.807, 2.05) is 27.7 Å². The number of hydrogen-bond acceptors (Lipinski definition) is 13. The van der Waals surface area contributed by atoms with Crippen LogP contribution in [0.5, 0.6) is 0 Å². The molecule has 0 spiro atoms. The maximum absolute atomic E-state index is 14.4. The molecule has 0 saturated carbocycles. The van der Waals surface area contributed by atoms with E-state index in [-0.39, 0.29) is 108 Å². The van der Waals surface area contributed by atoms with Crippen LogP contribution in [0.4, 0.5) is 0 Å². The largest absolute Gasteiger partial charge is 0.354 e. The summed E-state index contributed by atoms with van der Waals surface area (Å²) in [6.07, 6.45) is 6.68. The number of amides is 7. The molecule has 8 atom stereocenters. The highest BCUT2D eigenvalue weighted by atomic mass is 16.2. The van der Waals surface area contributed by atoms with Crippen molar-refractivity contribution in [2.45, 2.75) is 180 Å². The number of Topliss-reactive ketones (excluding diaryl/α,β-unsaturated/α-hetero) is 2. The molecule has 15 N–H and O–H groups in total. The summed E-state index contributed by atoms with van der Waals surface area (Å²) in [6.45, 7) is 9.10. The molecule has 0 aromatic heterocycles. The number of nitrogens with one attached hydrogen (secondary N) is 7. The Morgan fingerprint density at radius 2 is 1.07 bits per heavy atom. The van der Waals surface area contributed by atoms with E-state index in [1.165, 1.54) is 0 Å². The molecule has 406 valence electrons. The van der Waals surface area contributed by atoms with Crippen LogP contribution in [-0.2, 0) is 49.6 Å². The highest BCUT2D eigenvalue weighted by Crippen LogP contribution is 2.19. The van der Waals surface area contributed by atoms with Crippen LogP contribution in [0.15, 0.2) is 30.3 Å². The highest BCUT2D eigenvalue weighted by molar-refractivity contribution is 5.98. The number of ketones is 2. The van der Waals surface area contributed by atoms with Crippen LogP contribution in [0.3, 0.4) is 0 Å². The van der Waals surface area contributed by atoms with Crippen molar-refractivity contribution in [3.05, 3.63) is 35.9 Å².